The molecule has 0 bridgehead atoms. The maximum Gasteiger partial charge on any atom is 0.170 e. The molecule has 17 heavy (non-hydrogen) atoms. The molecular weight excluding hydrogens is 278 g/mol. The Morgan fingerprint density at radius 2 is 2.18 bits per heavy atom. The van der Waals surface area contributed by atoms with E-state index in [0.29, 0.717) is 4.67 Å². The SMILES string of the molecule is Cc1cccc(O/C(Br)=C/c2cccnc2)c1. The van der Waals surface area contributed by atoms with Crippen LogP contribution in [0.3, 0.4) is 0 Å². The summed E-state index contributed by atoms with van der Waals surface area (Å²) >= 11 is 3.39. The van der Waals surface area contributed by atoms with Crippen LogP contribution in [0.25, 0.3) is 6.08 Å². The molecule has 2 aromatic rings. The molecular formula is C14H12BrNO. The van der Waals surface area contributed by atoms with Crippen molar-refractivity contribution in [2.24, 2.45) is 0 Å². The Morgan fingerprint density at radius 3 is 2.88 bits per heavy atom. The minimum absolute atomic E-state index is 0.663. The van der Waals surface area contributed by atoms with E-state index in [4.69, 9.17) is 4.74 Å². The number of hydrogen-bond acceptors (Lipinski definition) is 2. The third-order valence-electron chi connectivity index (χ3n) is 2.17. The Bertz CT molecular complexity index is 523. The largest absolute Gasteiger partial charge is 0.450 e. The molecule has 3 heteroatoms. The molecule has 0 aliphatic carbocycles. The lowest BCUT2D eigenvalue weighted by molar-refractivity contribution is 0.473. The van der Waals surface area contributed by atoms with Gasteiger partial charge in [0, 0.05) is 12.4 Å². The molecule has 0 saturated heterocycles. The van der Waals surface area contributed by atoms with Gasteiger partial charge in [0.05, 0.1) is 0 Å². The van der Waals surface area contributed by atoms with Crippen LogP contribution >= 0.6 is 15.9 Å². The molecule has 1 heterocycles. The first kappa shape index (κ1) is 11.9. The predicted octanol–water partition coefficient (Wildman–Crippen LogP) is 4.16. The summed E-state index contributed by atoms with van der Waals surface area (Å²) in [5.74, 6) is 0.817. The van der Waals surface area contributed by atoms with Gasteiger partial charge in [0.25, 0.3) is 0 Å². The molecule has 1 aromatic heterocycles. The Kier molecular flexibility index (Phi) is 3.94. The summed E-state index contributed by atoms with van der Waals surface area (Å²) < 4.78 is 6.31. The first-order chi connectivity index (χ1) is 8.24. The highest BCUT2D eigenvalue weighted by atomic mass is 79.9. The Labute approximate surface area is 109 Å². The Morgan fingerprint density at radius 1 is 1.29 bits per heavy atom. The van der Waals surface area contributed by atoms with Crippen molar-refractivity contribution in [2.75, 3.05) is 0 Å². The second kappa shape index (κ2) is 5.64. The fourth-order valence-electron chi connectivity index (χ4n) is 1.41. The number of benzene rings is 1. The fourth-order valence-corrected chi connectivity index (χ4v) is 1.86. The minimum Gasteiger partial charge on any atom is -0.450 e. The van der Waals surface area contributed by atoms with Crippen molar-refractivity contribution < 1.29 is 4.74 Å². The van der Waals surface area contributed by atoms with Gasteiger partial charge in [0.1, 0.15) is 5.75 Å². The topological polar surface area (TPSA) is 22.1 Å². The molecule has 86 valence electrons. The third kappa shape index (κ3) is 3.71. The third-order valence-corrected chi connectivity index (χ3v) is 2.56. The van der Waals surface area contributed by atoms with Gasteiger partial charge in [-0.3, -0.25) is 4.98 Å². The highest BCUT2D eigenvalue weighted by Gasteiger charge is 1.97. The summed E-state index contributed by atoms with van der Waals surface area (Å²) in [6.07, 6.45) is 5.41. The highest BCUT2D eigenvalue weighted by molar-refractivity contribution is 9.11. The van der Waals surface area contributed by atoms with Gasteiger partial charge in [0.15, 0.2) is 4.67 Å². The summed E-state index contributed by atoms with van der Waals surface area (Å²) in [6.45, 7) is 2.03. The summed E-state index contributed by atoms with van der Waals surface area (Å²) in [5, 5.41) is 0. The molecule has 0 N–H and O–H groups in total. The molecule has 0 radical (unpaired) electrons. The van der Waals surface area contributed by atoms with Crippen molar-refractivity contribution in [1.82, 2.24) is 4.98 Å². The van der Waals surface area contributed by atoms with Gasteiger partial charge in [0.2, 0.25) is 0 Å². The second-order valence-corrected chi connectivity index (χ2v) is 4.43. The smallest absolute Gasteiger partial charge is 0.170 e. The van der Waals surface area contributed by atoms with E-state index in [2.05, 4.69) is 20.9 Å². The number of nitrogens with zero attached hydrogens (tertiary/aromatic N) is 1. The molecule has 0 atom stereocenters. The van der Waals surface area contributed by atoms with Gasteiger partial charge in [-0.15, -0.1) is 0 Å². The van der Waals surface area contributed by atoms with Gasteiger partial charge in [-0.25, -0.2) is 0 Å². The molecule has 0 unspecified atom stereocenters. The number of aryl methyl sites for hydroxylation is 1. The van der Waals surface area contributed by atoms with Crippen LogP contribution in [0.2, 0.25) is 0 Å². The van der Waals surface area contributed by atoms with Crippen molar-refractivity contribution in [3.05, 3.63) is 64.6 Å². The highest BCUT2D eigenvalue weighted by Crippen LogP contribution is 2.20. The number of hydrogen-bond donors (Lipinski definition) is 0. The lowest BCUT2D eigenvalue weighted by atomic mass is 10.2. The standard InChI is InChI=1S/C14H12BrNO/c1-11-4-2-6-13(8-11)17-14(15)9-12-5-3-7-16-10-12/h2-10H,1H3/b14-9+. The molecule has 0 saturated carbocycles. The number of halogens is 1. The van der Waals surface area contributed by atoms with Crippen LogP contribution in [0.15, 0.2) is 53.5 Å². The average Bonchev–Trinajstić information content (AvgIpc) is 2.30. The van der Waals surface area contributed by atoms with Crippen LogP contribution in [-0.4, -0.2) is 4.98 Å². The molecule has 0 aliphatic heterocycles. The first-order valence-electron chi connectivity index (χ1n) is 5.26. The van der Waals surface area contributed by atoms with Crippen molar-refractivity contribution in [2.45, 2.75) is 6.92 Å². The van der Waals surface area contributed by atoms with E-state index in [1.807, 2.05) is 49.4 Å². The van der Waals surface area contributed by atoms with Gasteiger partial charge in [-0.2, -0.15) is 0 Å². The lowest BCUT2D eigenvalue weighted by Gasteiger charge is -2.04. The zero-order valence-corrected chi connectivity index (χ0v) is 11.0. The van der Waals surface area contributed by atoms with E-state index in [0.717, 1.165) is 11.3 Å². The minimum atomic E-state index is 0.663. The lowest BCUT2D eigenvalue weighted by Crippen LogP contribution is -1.88. The monoisotopic (exact) mass is 289 g/mol. The number of ether oxygens (including phenoxy) is 1. The zero-order valence-electron chi connectivity index (χ0n) is 9.43. The van der Waals surface area contributed by atoms with Crippen molar-refractivity contribution in [3.63, 3.8) is 0 Å². The Hall–Kier alpha value is -1.61. The van der Waals surface area contributed by atoms with E-state index in [9.17, 15) is 0 Å². The van der Waals surface area contributed by atoms with Crippen molar-refractivity contribution >= 4 is 22.0 Å². The maximum atomic E-state index is 5.65. The van der Waals surface area contributed by atoms with Crippen molar-refractivity contribution in [3.8, 4) is 5.75 Å². The normalized spacial score (nSPS) is 11.3. The average molecular weight is 290 g/mol. The maximum absolute atomic E-state index is 5.65. The second-order valence-electron chi connectivity index (χ2n) is 3.65. The first-order valence-corrected chi connectivity index (χ1v) is 6.05. The van der Waals surface area contributed by atoms with Gasteiger partial charge in [-0.05, 0) is 58.3 Å². The van der Waals surface area contributed by atoms with E-state index in [1.165, 1.54) is 5.56 Å². The van der Waals surface area contributed by atoms with Crippen LogP contribution in [0.1, 0.15) is 11.1 Å². The van der Waals surface area contributed by atoms with Gasteiger partial charge >= 0.3 is 0 Å². The molecule has 0 amide bonds. The molecule has 0 aliphatic rings. The quantitative estimate of drug-likeness (QED) is 0.792. The number of aromatic nitrogens is 1. The zero-order chi connectivity index (χ0) is 12.1. The molecule has 0 fully saturated rings. The van der Waals surface area contributed by atoms with Crippen LogP contribution in [-0.2, 0) is 0 Å². The molecule has 1 aromatic carbocycles. The summed E-state index contributed by atoms with van der Waals surface area (Å²) in [6, 6.07) is 11.8. The number of pyridine rings is 1. The Balaban J connectivity index is 2.12. The van der Waals surface area contributed by atoms with Gasteiger partial charge < -0.3 is 4.74 Å². The van der Waals surface area contributed by atoms with E-state index in [-0.39, 0.29) is 0 Å². The summed E-state index contributed by atoms with van der Waals surface area (Å²) in [4.78, 5) is 4.04. The predicted molar refractivity (Wildman–Crippen MR) is 72.9 cm³/mol. The van der Waals surface area contributed by atoms with E-state index < -0.39 is 0 Å². The van der Waals surface area contributed by atoms with E-state index in [1.54, 1.807) is 12.4 Å². The van der Waals surface area contributed by atoms with Crippen LogP contribution < -0.4 is 4.74 Å². The molecule has 2 rings (SSSR count). The molecule has 2 nitrogen and oxygen atoms in total. The van der Waals surface area contributed by atoms with E-state index >= 15 is 0 Å². The summed E-state index contributed by atoms with van der Waals surface area (Å²) in [5.41, 5.74) is 2.16. The van der Waals surface area contributed by atoms with Crippen molar-refractivity contribution in [1.29, 1.82) is 0 Å². The fraction of sp³-hybridized carbons (Fsp3) is 0.0714. The molecule has 0 spiro atoms. The van der Waals surface area contributed by atoms with Crippen LogP contribution in [0.5, 0.6) is 5.75 Å². The summed E-state index contributed by atoms with van der Waals surface area (Å²) in [7, 11) is 0. The van der Waals surface area contributed by atoms with Gasteiger partial charge in [-0.1, -0.05) is 18.2 Å². The van der Waals surface area contributed by atoms with Crippen LogP contribution in [0.4, 0.5) is 0 Å². The van der Waals surface area contributed by atoms with Crippen LogP contribution in [0, 0.1) is 6.92 Å². The number of rotatable bonds is 3.